The van der Waals surface area contributed by atoms with Gasteiger partial charge in [-0.05, 0) is 47.7 Å². The Morgan fingerprint density at radius 2 is 2.20 bits per heavy atom. The molecule has 1 fully saturated rings. The van der Waals surface area contributed by atoms with E-state index in [2.05, 4.69) is 15.9 Å². The Morgan fingerprint density at radius 3 is 2.70 bits per heavy atom. The Hall–Kier alpha value is -0.440. The SMILES string of the molecule is Cc1sc(Br)cc1S(=O)(=O)N1CCCC(C)C1C(=O)O. The first-order valence-corrected chi connectivity index (χ1v) is 9.30. The fourth-order valence-electron chi connectivity index (χ4n) is 2.60. The monoisotopic (exact) mass is 381 g/mol. The van der Waals surface area contributed by atoms with Gasteiger partial charge in [-0.3, -0.25) is 4.79 Å². The minimum Gasteiger partial charge on any atom is -0.480 e. The van der Waals surface area contributed by atoms with Crippen LogP contribution in [0.1, 0.15) is 24.6 Å². The minimum atomic E-state index is -3.77. The number of halogens is 1. The van der Waals surface area contributed by atoms with E-state index < -0.39 is 22.0 Å². The van der Waals surface area contributed by atoms with Crippen molar-refractivity contribution in [1.82, 2.24) is 4.31 Å². The minimum absolute atomic E-state index is 0.182. The molecule has 1 aliphatic heterocycles. The molecule has 0 radical (unpaired) electrons. The quantitative estimate of drug-likeness (QED) is 0.872. The lowest BCUT2D eigenvalue weighted by molar-refractivity contribution is -0.144. The molecule has 20 heavy (non-hydrogen) atoms. The first-order valence-electron chi connectivity index (χ1n) is 6.25. The average Bonchev–Trinajstić information content (AvgIpc) is 2.68. The van der Waals surface area contributed by atoms with Crippen molar-refractivity contribution in [1.29, 1.82) is 0 Å². The molecular weight excluding hydrogens is 366 g/mol. The maximum atomic E-state index is 12.7. The van der Waals surface area contributed by atoms with E-state index >= 15 is 0 Å². The molecular formula is C12H16BrNO4S2. The zero-order chi connectivity index (χ0) is 15.1. The number of thiophene rings is 1. The van der Waals surface area contributed by atoms with Crippen LogP contribution in [-0.2, 0) is 14.8 Å². The van der Waals surface area contributed by atoms with Gasteiger partial charge in [0.25, 0.3) is 0 Å². The van der Waals surface area contributed by atoms with Crippen LogP contribution in [0, 0.1) is 12.8 Å². The van der Waals surface area contributed by atoms with Crippen LogP contribution < -0.4 is 0 Å². The molecule has 112 valence electrons. The van der Waals surface area contributed by atoms with Crippen molar-refractivity contribution in [2.24, 2.45) is 5.92 Å². The third-order valence-electron chi connectivity index (χ3n) is 3.57. The van der Waals surface area contributed by atoms with E-state index in [0.717, 1.165) is 14.5 Å². The number of aliphatic carboxylic acids is 1. The van der Waals surface area contributed by atoms with Gasteiger partial charge in [0.2, 0.25) is 10.0 Å². The molecule has 0 aromatic carbocycles. The molecule has 2 heterocycles. The lowest BCUT2D eigenvalue weighted by Gasteiger charge is -2.36. The molecule has 0 aliphatic carbocycles. The van der Waals surface area contributed by atoms with Crippen molar-refractivity contribution < 1.29 is 18.3 Å². The van der Waals surface area contributed by atoms with Crippen molar-refractivity contribution in [3.63, 3.8) is 0 Å². The van der Waals surface area contributed by atoms with Crippen LogP contribution in [0.5, 0.6) is 0 Å². The second-order valence-electron chi connectivity index (χ2n) is 4.99. The molecule has 8 heteroatoms. The van der Waals surface area contributed by atoms with Crippen LogP contribution in [0.15, 0.2) is 14.7 Å². The number of nitrogens with zero attached hydrogens (tertiary/aromatic N) is 1. The zero-order valence-electron chi connectivity index (χ0n) is 11.2. The summed E-state index contributed by atoms with van der Waals surface area (Å²) in [5.41, 5.74) is 0. The van der Waals surface area contributed by atoms with E-state index in [1.807, 2.05) is 0 Å². The smallest absolute Gasteiger partial charge is 0.322 e. The van der Waals surface area contributed by atoms with Gasteiger partial charge in [0.05, 0.1) is 8.68 Å². The van der Waals surface area contributed by atoms with Gasteiger partial charge in [-0.25, -0.2) is 8.42 Å². The molecule has 1 aromatic heterocycles. The highest BCUT2D eigenvalue weighted by Gasteiger charge is 2.42. The molecule has 1 aliphatic rings. The predicted molar refractivity (Wildman–Crippen MR) is 80.5 cm³/mol. The van der Waals surface area contributed by atoms with Gasteiger partial charge in [0.15, 0.2) is 0 Å². The van der Waals surface area contributed by atoms with Crippen molar-refractivity contribution in [2.45, 2.75) is 37.6 Å². The summed E-state index contributed by atoms with van der Waals surface area (Å²) in [4.78, 5) is 12.3. The van der Waals surface area contributed by atoms with Gasteiger partial charge in [0, 0.05) is 11.4 Å². The summed E-state index contributed by atoms with van der Waals surface area (Å²) >= 11 is 4.61. The Balaban J connectivity index is 2.46. The number of sulfonamides is 1. The van der Waals surface area contributed by atoms with Crippen LogP contribution in [0.3, 0.4) is 0 Å². The first-order chi connectivity index (χ1) is 9.25. The first kappa shape index (κ1) is 15.9. The fourth-order valence-corrected chi connectivity index (χ4v) is 6.70. The summed E-state index contributed by atoms with van der Waals surface area (Å²) in [6.45, 7) is 3.78. The maximum absolute atomic E-state index is 12.7. The van der Waals surface area contributed by atoms with Crippen LogP contribution >= 0.6 is 27.3 Å². The van der Waals surface area contributed by atoms with E-state index in [9.17, 15) is 18.3 Å². The number of carboxylic acid groups (broad SMARTS) is 1. The Kier molecular flexibility index (Phi) is 4.58. The molecule has 0 saturated carbocycles. The molecule has 0 amide bonds. The van der Waals surface area contributed by atoms with Crippen molar-refractivity contribution >= 4 is 43.3 Å². The average molecular weight is 382 g/mol. The van der Waals surface area contributed by atoms with Gasteiger partial charge in [0.1, 0.15) is 6.04 Å². The van der Waals surface area contributed by atoms with Crippen LogP contribution in [0.4, 0.5) is 0 Å². The number of hydrogen-bond donors (Lipinski definition) is 1. The van der Waals surface area contributed by atoms with Crippen molar-refractivity contribution in [3.8, 4) is 0 Å². The number of aryl methyl sites for hydroxylation is 1. The predicted octanol–water partition coefficient (Wildman–Crippen LogP) is 2.69. The maximum Gasteiger partial charge on any atom is 0.322 e. The van der Waals surface area contributed by atoms with Crippen LogP contribution in [0.2, 0.25) is 0 Å². The molecule has 5 nitrogen and oxygen atoms in total. The number of rotatable bonds is 3. The highest BCUT2D eigenvalue weighted by Crippen LogP contribution is 2.35. The second kappa shape index (κ2) is 5.75. The summed E-state index contributed by atoms with van der Waals surface area (Å²) in [6, 6.07) is 0.569. The standard InChI is InChI=1S/C12H16BrNO4S2/c1-7-4-3-5-14(11(7)12(15)16)20(17,18)9-6-10(13)19-8(9)2/h6-7,11H,3-5H2,1-2H3,(H,15,16). The normalized spacial score (nSPS) is 24.8. The van der Waals surface area contributed by atoms with Crippen molar-refractivity contribution in [2.75, 3.05) is 6.54 Å². The Morgan fingerprint density at radius 1 is 1.55 bits per heavy atom. The third-order valence-corrected chi connectivity index (χ3v) is 7.26. The number of carbonyl (C=O) groups is 1. The van der Waals surface area contributed by atoms with E-state index in [1.54, 1.807) is 19.9 Å². The molecule has 1 aromatic rings. The largest absolute Gasteiger partial charge is 0.480 e. The highest BCUT2D eigenvalue weighted by molar-refractivity contribution is 9.11. The molecule has 0 bridgehead atoms. The number of hydrogen-bond acceptors (Lipinski definition) is 4. The Bertz CT molecular complexity index is 625. The molecule has 2 rings (SSSR count). The summed E-state index contributed by atoms with van der Waals surface area (Å²) in [6.07, 6.45) is 1.42. The number of piperidine rings is 1. The topological polar surface area (TPSA) is 74.7 Å². The van der Waals surface area contributed by atoms with Gasteiger partial charge < -0.3 is 5.11 Å². The summed E-state index contributed by atoms with van der Waals surface area (Å²) in [7, 11) is -3.77. The third kappa shape index (κ3) is 2.79. The van der Waals surface area contributed by atoms with Crippen LogP contribution in [0.25, 0.3) is 0 Å². The van der Waals surface area contributed by atoms with Gasteiger partial charge in [-0.1, -0.05) is 6.92 Å². The van der Waals surface area contributed by atoms with Crippen LogP contribution in [-0.4, -0.2) is 36.4 Å². The molecule has 1 saturated heterocycles. The molecule has 0 spiro atoms. The van der Waals surface area contributed by atoms with E-state index in [4.69, 9.17) is 0 Å². The molecule has 1 N–H and O–H groups in total. The van der Waals surface area contributed by atoms with Crippen molar-refractivity contribution in [3.05, 3.63) is 14.7 Å². The Labute approximate surface area is 130 Å². The lowest BCUT2D eigenvalue weighted by Crippen LogP contribution is -2.51. The summed E-state index contributed by atoms with van der Waals surface area (Å²) in [5, 5.41) is 9.35. The highest BCUT2D eigenvalue weighted by atomic mass is 79.9. The summed E-state index contributed by atoms with van der Waals surface area (Å²) < 4.78 is 27.3. The number of carboxylic acids is 1. The second-order valence-corrected chi connectivity index (χ2v) is 9.48. The summed E-state index contributed by atoms with van der Waals surface area (Å²) in [5.74, 6) is -1.26. The van der Waals surface area contributed by atoms with Gasteiger partial charge in [-0.2, -0.15) is 4.31 Å². The van der Waals surface area contributed by atoms with Gasteiger partial charge in [-0.15, -0.1) is 11.3 Å². The van der Waals surface area contributed by atoms with E-state index in [-0.39, 0.29) is 17.4 Å². The van der Waals surface area contributed by atoms with E-state index in [1.165, 1.54) is 11.3 Å². The van der Waals surface area contributed by atoms with Gasteiger partial charge >= 0.3 is 5.97 Å². The molecule has 2 atom stereocenters. The lowest BCUT2D eigenvalue weighted by atomic mass is 9.93. The fraction of sp³-hybridized carbons (Fsp3) is 0.583. The zero-order valence-corrected chi connectivity index (χ0v) is 14.4. The van der Waals surface area contributed by atoms with E-state index in [0.29, 0.717) is 11.3 Å². The molecule has 2 unspecified atom stereocenters.